The predicted molar refractivity (Wildman–Crippen MR) is 86.8 cm³/mol. The van der Waals surface area contributed by atoms with Gasteiger partial charge in [0.2, 0.25) is 0 Å². The SMILES string of the molecule is O=C(Nc1ccc(Cl)nc1)c1csc(Nc2ccccn2)n1. The van der Waals surface area contributed by atoms with Crippen molar-refractivity contribution in [2.75, 3.05) is 10.6 Å². The van der Waals surface area contributed by atoms with Gasteiger partial charge in [-0.25, -0.2) is 15.0 Å². The average molecular weight is 332 g/mol. The van der Waals surface area contributed by atoms with E-state index in [2.05, 4.69) is 25.6 Å². The van der Waals surface area contributed by atoms with Gasteiger partial charge < -0.3 is 10.6 Å². The summed E-state index contributed by atoms with van der Waals surface area (Å²) in [6.07, 6.45) is 3.16. The minimum absolute atomic E-state index is 0.311. The van der Waals surface area contributed by atoms with Gasteiger partial charge in [-0.2, -0.15) is 0 Å². The van der Waals surface area contributed by atoms with Crippen molar-refractivity contribution in [2.24, 2.45) is 0 Å². The number of hydrogen-bond acceptors (Lipinski definition) is 6. The van der Waals surface area contributed by atoms with Crippen LogP contribution in [0.4, 0.5) is 16.6 Å². The highest BCUT2D eigenvalue weighted by Gasteiger charge is 2.11. The van der Waals surface area contributed by atoms with Gasteiger partial charge in [-0.3, -0.25) is 4.79 Å². The quantitative estimate of drug-likeness (QED) is 0.714. The third-order valence-corrected chi connectivity index (χ3v) is 3.60. The van der Waals surface area contributed by atoms with Gasteiger partial charge in [-0.05, 0) is 24.3 Å². The Hall–Kier alpha value is -2.51. The molecule has 0 bridgehead atoms. The van der Waals surface area contributed by atoms with Crippen LogP contribution in [0.25, 0.3) is 0 Å². The number of aromatic nitrogens is 3. The highest BCUT2D eigenvalue weighted by atomic mass is 35.5. The summed E-state index contributed by atoms with van der Waals surface area (Å²) in [5, 5.41) is 8.38. The van der Waals surface area contributed by atoms with E-state index in [0.29, 0.717) is 27.5 Å². The third kappa shape index (κ3) is 3.57. The average Bonchev–Trinajstić information content (AvgIpc) is 2.99. The Labute approximate surface area is 135 Å². The first-order valence-electron chi connectivity index (χ1n) is 6.27. The molecule has 3 rings (SSSR count). The van der Waals surface area contributed by atoms with E-state index in [4.69, 9.17) is 11.6 Å². The Morgan fingerprint density at radius 2 is 2.09 bits per heavy atom. The molecule has 0 atom stereocenters. The first-order valence-corrected chi connectivity index (χ1v) is 7.53. The van der Waals surface area contributed by atoms with Crippen LogP contribution in [0.2, 0.25) is 5.15 Å². The number of carbonyl (C=O) groups excluding carboxylic acids is 1. The molecule has 0 saturated heterocycles. The molecule has 0 fully saturated rings. The van der Waals surface area contributed by atoms with E-state index in [-0.39, 0.29) is 5.91 Å². The Balaban J connectivity index is 1.67. The number of nitrogens with zero attached hydrogens (tertiary/aromatic N) is 3. The molecule has 3 aromatic heterocycles. The summed E-state index contributed by atoms with van der Waals surface area (Å²) in [4.78, 5) is 24.4. The molecule has 0 aromatic carbocycles. The second-order valence-corrected chi connectivity index (χ2v) is 5.45. The van der Waals surface area contributed by atoms with Crippen molar-refractivity contribution in [1.82, 2.24) is 15.0 Å². The standard InChI is InChI=1S/C14H10ClN5OS/c15-11-5-4-9(7-17-11)18-13(21)10-8-22-14(19-10)20-12-3-1-2-6-16-12/h1-8H,(H,18,21)(H,16,19,20). The van der Waals surface area contributed by atoms with Gasteiger partial charge in [0.05, 0.1) is 11.9 Å². The zero-order chi connectivity index (χ0) is 15.4. The smallest absolute Gasteiger partial charge is 0.275 e. The molecule has 0 aliphatic heterocycles. The van der Waals surface area contributed by atoms with Gasteiger partial charge in [0.15, 0.2) is 5.13 Å². The second-order valence-electron chi connectivity index (χ2n) is 4.20. The molecule has 22 heavy (non-hydrogen) atoms. The second kappa shape index (κ2) is 6.50. The maximum absolute atomic E-state index is 12.1. The van der Waals surface area contributed by atoms with Crippen molar-refractivity contribution in [3.8, 4) is 0 Å². The lowest BCUT2D eigenvalue weighted by atomic mass is 10.4. The third-order valence-electron chi connectivity index (χ3n) is 2.62. The summed E-state index contributed by atoms with van der Waals surface area (Å²) >= 11 is 7.02. The van der Waals surface area contributed by atoms with Crippen LogP contribution in [-0.2, 0) is 0 Å². The molecule has 2 N–H and O–H groups in total. The highest BCUT2D eigenvalue weighted by molar-refractivity contribution is 7.14. The maximum atomic E-state index is 12.1. The lowest BCUT2D eigenvalue weighted by Crippen LogP contribution is -2.12. The topological polar surface area (TPSA) is 79.8 Å². The molecule has 6 nitrogen and oxygen atoms in total. The Morgan fingerprint density at radius 3 is 2.82 bits per heavy atom. The molecule has 8 heteroatoms. The van der Waals surface area contributed by atoms with Gasteiger partial charge in [0, 0.05) is 11.6 Å². The Kier molecular flexibility index (Phi) is 4.27. The Bertz CT molecular complexity index is 775. The number of pyridine rings is 2. The molecule has 0 spiro atoms. The van der Waals surface area contributed by atoms with E-state index in [1.165, 1.54) is 17.5 Å². The normalized spacial score (nSPS) is 10.2. The molecule has 0 aliphatic rings. The zero-order valence-electron chi connectivity index (χ0n) is 11.2. The van der Waals surface area contributed by atoms with Crippen molar-refractivity contribution < 1.29 is 4.79 Å². The number of amides is 1. The summed E-state index contributed by atoms with van der Waals surface area (Å²) in [5.74, 6) is 0.361. The minimum atomic E-state index is -0.311. The van der Waals surface area contributed by atoms with Crippen LogP contribution in [0, 0.1) is 0 Å². The van der Waals surface area contributed by atoms with E-state index in [1.54, 1.807) is 23.7 Å². The lowest BCUT2D eigenvalue weighted by molar-refractivity contribution is 0.102. The van der Waals surface area contributed by atoms with E-state index in [1.807, 2.05) is 18.2 Å². The highest BCUT2D eigenvalue weighted by Crippen LogP contribution is 2.20. The minimum Gasteiger partial charge on any atom is -0.319 e. The summed E-state index contributed by atoms with van der Waals surface area (Å²) in [7, 11) is 0. The molecular weight excluding hydrogens is 322 g/mol. The van der Waals surface area contributed by atoms with Crippen LogP contribution in [0.1, 0.15) is 10.5 Å². The van der Waals surface area contributed by atoms with E-state index < -0.39 is 0 Å². The van der Waals surface area contributed by atoms with Gasteiger partial charge in [-0.1, -0.05) is 17.7 Å². The number of anilines is 3. The molecular formula is C14H10ClN5OS. The van der Waals surface area contributed by atoms with Crippen molar-refractivity contribution in [3.05, 3.63) is 59.0 Å². The first-order chi connectivity index (χ1) is 10.7. The fraction of sp³-hybridized carbons (Fsp3) is 0. The molecule has 3 aromatic rings. The van der Waals surface area contributed by atoms with Crippen LogP contribution in [0.5, 0.6) is 0 Å². The number of nitrogens with one attached hydrogen (secondary N) is 2. The zero-order valence-corrected chi connectivity index (χ0v) is 12.7. The van der Waals surface area contributed by atoms with Crippen molar-refractivity contribution in [1.29, 1.82) is 0 Å². The van der Waals surface area contributed by atoms with Crippen molar-refractivity contribution in [3.63, 3.8) is 0 Å². The molecule has 1 amide bonds. The van der Waals surface area contributed by atoms with E-state index in [9.17, 15) is 4.79 Å². The van der Waals surface area contributed by atoms with Crippen LogP contribution < -0.4 is 10.6 Å². The van der Waals surface area contributed by atoms with Crippen LogP contribution in [0.3, 0.4) is 0 Å². The summed E-state index contributed by atoms with van der Waals surface area (Å²) in [5.41, 5.74) is 0.875. The van der Waals surface area contributed by atoms with Gasteiger partial charge in [0.25, 0.3) is 5.91 Å². The van der Waals surface area contributed by atoms with E-state index in [0.717, 1.165) is 0 Å². The summed E-state index contributed by atoms with van der Waals surface area (Å²) < 4.78 is 0. The van der Waals surface area contributed by atoms with Gasteiger partial charge >= 0.3 is 0 Å². The predicted octanol–water partition coefficient (Wildman–Crippen LogP) is 3.58. The molecule has 0 unspecified atom stereocenters. The number of rotatable bonds is 4. The number of halogens is 1. The molecule has 0 radical (unpaired) electrons. The van der Waals surface area contributed by atoms with Crippen LogP contribution >= 0.6 is 22.9 Å². The van der Waals surface area contributed by atoms with Crippen molar-refractivity contribution >= 4 is 45.5 Å². The monoisotopic (exact) mass is 331 g/mol. The molecule has 110 valence electrons. The summed E-state index contributed by atoms with van der Waals surface area (Å²) in [6, 6.07) is 8.79. The van der Waals surface area contributed by atoms with Crippen LogP contribution in [-0.4, -0.2) is 20.9 Å². The van der Waals surface area contributed by atoms with Crippen LogP contribution in [0.15, 0.2) is 48.1 Å². The lowest BCUT2D eigenvalue weighted by Gasteiger charge is -2.02. The van der Waals surface area contributed by atoms with Crippen molar-refractivity contribution in [2.45, 2.75) is 0 Å². The summed E-state index contributed by atoms with van der Waals surface area (Å²) in [6.45, 7) is 0. The van der Waals surface area contributed by atoms with Gasteiger partial charge in [-0.15, -0.1) is 11.3 Å². The molecule has 0 aliphatic carbocycles. The maximum Gasteiger partial charge on any atom is 0.275 e. The Morgan fingerprint density at radius 1 is 1.18 bits per heavy atom. The largest absolute Gasteiger partial charge is 0.319 e. The number of hydrogen-bond donors (Lipinski definition) is 2. The number of carbonyl (C=O) groups is 1. The molecule has 3 heterocycles. The first kappa shape index (κ1) is 14.4. The fourth-order valence-corrected chi connectivity index (χ4v) is 2.44. The van der Waals surface area contributed by atoms with E-state index >= 15 is 0 Å². The number of thiazole rings is 1. The molecule has 0 saturated carbocycles. The fourth-order valence-electron chi connectivity index (χ4n) is 1.63. The van der Waals surface area contributed by atoms with Gasteiger partial charge in [0.1, 0.15) is 16.7 Å².